The molecule has 7 heteroatoms. The average Bonchev–Trinajstić information content (AvgIpc) is 3.02. The van der Waals surface area contributed by atoms with Crippen LogP contribution in [0.4, 0.5) is 10.2 Å². The van der Waals surface area contributed by atoms with Crippen molar-refractivity contribution >= 4 is 17.3 Å². The molecule has 1 unspecified atom stereocenters. The molecule has 6 nitrogen and oxygen atoms in total. The Morgan fingerprint density at radius 3 is 2.76 bits per heavy atom. The molecule has 0 fully saturated rings. The van der Waals surface area contributed by atoms with Crippen LogP contribution in [0.25, 0.3) is 5.65 Å². The Kier molecular flexibility index (Phi) is 4.65. The van der Waals surface area contributed by atoms with E-state index in [4.69, 9.17) is 11.1 Å². The summed E-state index contributed by atoms with van der Waals surface area (Å²) in [4.78, 5) is 6.32. The summed E-state index contributed by atoms with van der Waals surface area (Å²) in [6.07, 6.45) is 2.34. The number of fused-ring (bicyclic) bond motifs is 1. The number of hydrogen-bond acceptors (Lipinski definition) is 4. The Hall–Kier alpha value is -2.96. The number of halogens is 1. The van der Waals surface area contributed by atoms with Crippen molar-refractivity contribution in [3.63, 3.8) is 0 Å². The molecule has 0 aliphatic heterocycles. The summed E-state index contributed by atoms with van der Waals surface area (Å²) in [5.74, 6) is 0.396. The van der Waals surface area contributed by atoms with E-state index in [0.29, 0.717) is 17.9 Å². The van der Waals surface area contributed by atoms with Crippen molar-refractivity contribution in [1.29, 1.82) is 5.41 Å². The molecule has 0 spiro atoms. The van der Waals surface area contributed by atoms with Gasteiger partial charge in [0.05, 0.1) is 12.2 Å². The molecule has 0 saturated carbocycles. The van der Waals surface area contributed by atoms with Gasteiger partial charge in [-0.1, -0.05) is 19.1 Å². The molecule has 130 valence electrons. The van der Waals surface area contributed by atoms with Crippen LogP contribution in [-0.2, 0) is 0 Å². The molecule has 2 heterocycles. The van der Waals surface area contributed by atoms with Gasteiger partial charge in [0, 0.05) is 6.54 Å². The van der Waals surface area contributed by atoms with Gasteiger partial charge in [0.2, 0.25) is 0 Å². The zero-order chi connectivity index (χ0) is 18.0. The van der Waals surface area contributed by atoms with Crippen LogP contribution in [0.1, 0.15) is 37.6 Å². The van der Waals surface area contributed by atoms with E-state index in [1.165, 1.54) is 12.3 Å². The Bertz CT molecular complexity index is 903. The zero-order valence-electron chi connectivity index (χ0n) is 14.3. The second-order valence-corrected chi connectivity index (χ2v) is 5.78. The van der Waals surface area contributed by atoms with Crippen LogP contribution < -0.4 is 10.6 Å². The predicted octanol–water partition coefficient (Wildman–Crippen LogP) is 3.13. The van der Waals surface area contributed by atoms with Crippen molar-refractivity contribution in [2.45, 2.75) is 26.3 Å². The standard InChI is InChI=1S/C18H21FN6/c1-3-14(12-6-5-7-13(19)10-12)24(4-2)17-9-8-16-22-11-15(18(20)21)25(16)23-17/h5-11,14H,3-4H2,1-2H3,(H3,20,21). The third-order valence-corrected chi connectivity index (χ3v) is 4.26. The molecule has 3 aromatic rings. The number of nitrogens with zero attached hydrogens (tertiary/aromatic N) is 4. The van der Waals surface area contributed by atoms with Crippen LogP contribution in [0.3, 0.4) is 0 Å². The van der Waals surface area contributed by atoms with Gasteiger partial charge in [-0.05, 0) is 43.2 Å². The molecule has 3 rings (SSSR count). The summed E-state index contributed by atoms with van der Waals surface area (Å²) in [6.45, 7) is 4.81. The molecule has 25 heavy (non-hydrogen) atoms. The average molecular weight is 340 g/mol. The number of nitrogen functional groups attached to an aromatic ring is 1. The van der Waals surface area contributed by atoms with Crippen molar-refractivity contribution < 1.29 is 4.39 Å². The fourth-order valence-corrected chi connectivity index (χ4v) is 3.09. The lowest BCUT2D eigenvalue weighted by molar-refractivity contribution is 0.587. The zero-order valence-corrected chi connectivity index (χ0v) is 14.3. The van der Waals surface area contributed by atoms with Crippen LogP contribution in [-0.4, -0.2) is 27.0 Å². The van der Waals surface area contributed by atoms with Gasteiger partial charge in [-0.15, -0.1) is 5.10 Å². The maximum absolute atomic E-state index is 13.7. The van der Waals surface area contributed by atoms with Gasteiger partial charge in [-0.25, -0.2) is 13.9 Å². The first-order valence-corrected chi connectivity index (χ1v) is 8.26. The SMILES string of the molecule is CCC(c1cccc(F)c1)N(CC)c1ccc2ncc(C(=N)N)n2n1. The molecule has 0 aliphatic rings. The number of rotatable bonds is 6. The van der Waals surface area contributed by atoms with E-state index in [1.54, 1.807) is 16.6 Å². The number of benzene rings is 1. The molecule has 0 amide bonds. The highest BCUT2D eigenvalue weighted by atomic mass is 19.1. The monoisotopic (exact) mass is 340 g/mol. The number of imidazole rings is 1. The number of amidine groups is 1. The lowest BCUT2D eigenvalue weighted by atomic mass is 10.0. The van der Waals surface area contributed by atoms with Crippen molar-refractivity contribution in [2.24, 2.45) is 5.73 Å². The molecule has 0 aliphatic carbocycles. The molecule has 2 aromatic heterocycles. The minimum atomic E-state index is -0.246. The van der Waals surface area contributed by atoms with Gasteiger partial charge in [0.25, 0.3) is 0 Å². The maximum atomic E-state index is 13.7. The van der Waals surface area contributed by atoms with Crippen molar-refractivity contribution in [3.8, 4) is 0 Å². The number of anilines is 1. The number of hydrogen-bond donors (Lipinski definition) is 2. The number of nitrogens with one attached hydrogen (secondary N) is 1. The highest BCUT2D eigenvalue weighted by molar-refractivity contribution is 5.93. The van der Waals surface area contributed by atoms with Crippen LogP contribution in [0.5, 0.6) is 0 Å². The van der Waals surface area contributed by atoms with Gasteiger partial charge in [0.15, 0.2) is 5.65 Å². The fraction of sp³-hybridized carbons (Fsp3) is 0.278. The first-order valence-electron chi connectivity index (χ1n) is 8.26. The topological polar surface area (TPSA) is 83.3 Å². The molecule has 0 radical (unpaired) electrons. The number of aromatic nitrogens is 3. The van der Waals surface area contributed by atoms with E-state index in [9.17, 15) is 4.39 Å². The third-order valence-electron chi connectivity index (χ3n) is 4.26. The molecule has 1 atom stereocenters. The fourth-order valence-electron chi connectivity index (χ4n) is 3.09. The molecule has 0 bridgehead atoms. The van der Waals surface area contributed by atoms with E-state index in [-0.39, 0.29) is 17.7 Å². The third kappa shape index (κ3) is 3.17. The van der Waals surface area contributed by atoms with E-state index in [1.807, 2.05) is 25.1 Å². The lowest BCUT2D eigenvalue weighted by Gasteiger charge is -2.31. The molecule has 3 N–H and O–H groups in total. The summed E-state index contributed by atoms with van der Waals surface area (Å²) < 4.78 is 15.2. The van der Waals surface area contributed by atoms with Gasteiger partial charge in [-0.2, -0.15) is 0 Å². The van der Waals surface area contributed by atoms with Gasteiger partial charge in [0.1, 0.15) is 23.2 Å². The van der Waals surface area contributed by atoms with E-state index in [2.05, 4.69) is 21.9 Å². The largest absolute Gasteiger partial charge is 0.382 e. The van der Waals surface area contributed by atoms with E-state index >= 15 is 0 Å². The Balaban J connectivity index is 2.06. The summed E-state index contributed by atoms with van der Waals surface area (Å²) >= 11 is 0. The van der Waals surface area contributed by atoms with E-state index in [0.717, 1.165) is 17.8 Å². The molecular formula is C18H21FN6. The molecular weight excluding hydrogens is 319 g/mol. The van der Waals surface area contributed by atoms with Crippen LogP contribution >= 0.6 is 0 Å². The molecule has 1 aromatic carbocycles. The quantitative estimate of drug-likeness (QED) is 0.533. The number of nitrogens with two attached hydrogens (primary N) is 1. The minimum Gasteiger partial charge on any atom is -0.382 e. The highest BCUT2D eigenvalue weighted by Crippen LogP contribution is 2.29. The Morgan fingerprint density at radius 1 is 1.32 bits per heavy atom. The minimum absolute atomic E-state index is 0.00468. The van der Waals surface area contributed by atoms with Crippen molar-refractivity contribution in [3.05, 3.63) is 59.7 Å². The van der Waals surface area contributed by atoms with Crippen LogP contribution in [0, 0.1) is 11.2 Å². The van der Waals surface area contributed by atoms with E-state index < -0.39 is 0 Å². The Morgan fingerprint density at radius 2 is 2.12 bits per heavy atom. The summed E-state index contributed by atoms with van der Waals surface area (Å²) in [5, 5.41) is 12.3. The normalized spacial score (nSPS) is 12.3. The maximum Gasteiger partial charge on any atom is 0.154 e. The smallest absolute Gasteiger partial charge is 0.154 e. The summed E-state index contributed by atoms with van der Waals surface area (Å²) in [6, 6.07) is 10.4. The Labute approximate surface area is 145 Å². The first-order chi connectivity index (χ1) is 12.0. The summed E-state index contributed by atoms with van der Waals surface area (Å²) in [7, 11) is 0. The first kappa shape index (κ1) is 16.9. The van der Waals surface area contributed by atoms with Gasteiger partial charge in [-0.3, -0.25) is 5.41 Å². The second-order valence-electron chi connectivity index (χ2n) is 5.78. The lowest BCUT2D eigenvalue weighted by Crippen LogP contribution is -2.29. The van der Waals surface area contributed by atoms with Crippen molar-refractivity contribution in [2.75, 3.05) is 11.4 Å². The highest BCUT2D eigenvalue weighted by Gasteiger charge is 2.20. The van der Waals surface area contributed by atoms with Crippen LogP contribution in [0.15, 0.2) is 42.6 Å². The second kappa shape index (κ2) is 6.88. The summed E-state index contributed by atoms with van der Waals surface area (Å²) in [5.41, 5.74) is 7.59. The van der Waals surface area contributed by atoms with Gasteiger partial charge < -0.3 is 10.6 Å². The van der Waals surface area contributed by atoms with Crippen molar-refractivity contribution in [1.82, 2.24) is 14.6 Å². The predicted molar refractivity (Wildman–Crippen MR) is 96.5 cm³/mol. The van der Waals surface area contributed by atoms with Gasteiger partial charge >= 0.3 is 0 Å². The molecule has 0 saturated heterocycles. The van der Waals surface area contributed by atoms with Crippen LogP contribution in [0.2, 0.25) is 0 Å².